The number of amides is 1. The molecule has 2 atom stereocenters. The lowest BCUT2D eigenvalue weighted by atomic mass is 10.0. The van der Waals surface area contributed by atoms with E-state index in [9.17, 15) is 4.79 Å². The second-order valence-corrected chi connectivity index (χ2v) is 4.67. The van der Waals surface area contributed by atoms with Crippen LogP contribution in [0.15, 0.2) is 37.1 Å². The summed E-state index contributed by atoms with van der Waals surface area (Å²) < 4.78 is 6.97. The fraction of sp³-hybridized carbons (Fsp3) is 0.308. The number of carbonyl (C=O) groups is 1. The maximum atomic E-state index is 12.0. The first kappa shape index (κ1) is 12.8. The summed E-state index contributed by atoms with van der Waals surface area (Å²) in [6.07, 6.45) is 6.75. The van der Waals surface area contributed by atoms with Gasteiger partial charge in [-0.1, -0.05) is 0 Å². The predicted octanol–water partition coefficient (Wildman–Crippen LogP) is 0.179. The second kappa shape index (κ2) is 5.40. The van der Waals surface area contributed by atoms with E-state index in [1.54, 1.807) is 35.6 Å². The molecule has 3 rings (SSSR count). The fourth-order valence-electron chi connectivity index (χ4n) is 2.08. The number of hydrogen-bond donors (Lipinski definition) is 2. The van der Waals surface area contributed by atoms with Crippen LogP contribution in [0.1, 0.15) is 0 Å². The van der Waals surface area contributed by atoms with Gasteiger partial charge in [-0.3, -0.25) is 9.36 Å². The Hall–Kier alpha value is -2.25. The van der Waals surface area contributed by atoms with Crippen molar-refractivity contribution in [3.8, 4) is 5.82 Å². The Labute approximate surface area is 115 Å². The highest BCUT2D eigenvalue weighted by Gasteiger charge is 2.31. The molecule has 1 aliphatic heterocycles. The highest BCUT2D eigenvalue weighted by molar-refractivity contribution is 5.93. The number of aromatic nitrogens is 3. The van der Waals surface area contributed by atoms with E-state index < -0.39 is 0 Å². The molecule has 0 saturated carbocycles. The average Bonchev–Trinajstić information content (AvgIpc) is 3.10. The Morgan fingerprint density at radius 3 is 2.95 bits per heavy atom. The Balaban J connectivity index is 1.68. The van der Waals surface area contributed by atoms with Crippen molar-refractivity contribution in [3.63, 3.8) is 0 Å². The van der Waals surface area contributed by atoms with Gasteiger partial charge in [0, 0.05) is 18.4 Å². The molecule has 7 heteroatoms. The van der Waals surface area contributed by atoms with Crippen molar-refractivity contribution in [2.45, 2.75) is 6.04 Å². The standard InChI is InChI=1S/C13H15N5O2/c14-11-7-20-6-10(11)13(19)17-9-1-2-12(16-5-9)18-4-3-15-8-18/h1-5,8,10-11H,6-7,14H2,(H,17,19). The first-order valence-electron chi connectivity index (χ1n) is 6.32. The predicted molar refractivity (Wildman–Crippen MR) is 72.3 cm³/mol. The van der Waals surface area contributed by atoms with Gasteiger partial charge in [0.25, 0.3) is 0 Å². The Kier molecular flexibility index (Phi) is 3.44. The molecule has 0 bridgehead atoms. The van der Waals surface area contributed by atoms with E-state index in [4.69, 9.17) is 10.5 Å². The molecule has 0 aromatic carbocycles. The minimum Gasteiger partial charge on any atom is -0.379 e. The zero-order valence-corrected chi connectivity index (χ0v) is 10.8. The van der Waals surface area contributed by atoms with Crippen molar-refractivity contribution in [1.82, 2.24) is 14.5 Å². The monoisotopic (exact) mass is 273 g/mol. The molecule has 2 aromatic rings. The van der Waals surface area contributed by atoms with E-state index in [-0.39, 0.29) is 17.9 Å². The van der Waals surface area contributed by atoms with E-state index in [0.29, 0.717) is 18.9 Å². The highest BCUT2D eigenvalue weighted by Crippen LogP contribution is 2.15. The van der Waals surface area contributed by atoms with Gasteiger partial charge in [0.2, 0.25) is 5.91 Å². The SMILES string of the molecule is NC1COCC1C(=O)Nc1ccc(-n2ccnc2)nc1. The topological polar surface area (TPSA) is 95.1 Å². The molecule has 0 radical (unpaired) electrons. The molecule has 104 valence electrons. The number of rotatable bonds is 3. The summed E-state index contributed by atoms with van der Waals surface area (Å²) in [5.41, 5.74) is 6.45. The van der Waals surface area contributed by atoms with Crippen molar-refractivity contribution in [1.29, 1.82) is 0 Å². The number of ether oxygens (including phenoxy) is 1. The Bertz CT molecular complexity index is 581. The van der Waals surface area contributed by atoms with E-state index in [1.165, 1.54) is 0 Å². The third-order valence-corrected chi connectivity index (χ3v) is 3.25. The molecule has 20 heavy (non-hydrogen) atoms. The van der Waals surface area contributed by atoms with Crippen molar-refractivity contribution >= 4 is 11.6 Å². The summed E-state index contributed by atoms with van der Waals surface area (Å²) in [4.78, 5) is 20.2. The van der Waals surface area contributed by atoms with Crippen LogP contribution in [-0.4, -0.2) is 39.7 Å². The second-order valence-electron chi connectivity index (χ2n) is 4.67. The number of carbonyl (C=O) groups excluding carboxylic acids is 1. The van der Waals surface area contributed by atoms with Gasteiger partial charge in [-0.05, 0) is 12.1 Å². The van der Waals surface area contributed by atoms with Crippen LogP contribution in [0.2, 0.25) is 0 Å². The zero-order chi connectivity index (χ0) is 13.9. The maximum Gasteiger partial charge on any atom is 0.231 e. The first-order chi connectivity index (χ1) is 9.74. The minimum atomic E-state index is -0.302. The molecular formula is C13H15N5O2. The zero-order valence-electron chi connectivity index (χ0n) is 10.8. The van der Waals surface area contributed by atoms with Crippen LogP contribution in [0.4, 0.5) is 5.69 Å². The summed E-state index contributed by atoms with van der Waals surface area (Å²) in [5.74, 6) is 0.303. The number of nitrogens with zero attached hydrogens (tertiary/aromatic N) is 3. The lowest BCUT2D eigenvalue weighted by molar-refractivity contribution is -0.120. The molecule has 1 fully saturated rings. The molecule has 1 saturated heterocycles. The van der Waals surface area contributed by atoms with Crippen molar-refractivity contribution in [2.24, 2.45) is 11.7 Å². The van der Waals surface area contributed by atoms with Crippen LogP contribution in [-0.2, 0) is 9.53 Å². The number of pyridine rings is 1. The van der Waals surface area contributed by atoms with Crippen LogP contribution in [0.3, 0.4) is 0 Å². The third kappa shape index (κ3) is 2.54. The minimum absolute atomic E-state index is 0.132. The molecular weight excluding hydrogens is 258 g/mol. The van der Waals surface area contributed by atoms with E-state index in [0.717, 1.165) is 5.82 Å². The number of nitrogens with two attached hydrogens (primary N) is 1. The van der Waals surface area contributed by atoms with Gasteiger partial charge in [-0.15, -0.1) is 0 Å². The molecule has 3 N–H and O–H groups in total. The number of anilines is 1. The molecule has 3 heterocycles. The molecule has 7 nitrogen and oxygen atoms in total. The van der Waals surface area contributed by atoms with Crippen LogP contribution in [0.25, 0.3) is 5.82 Å². The molecule has 0 spiro atoms. The van der Waals surface area contributed by atoms with Crippen LogP contribution in [0.5, 0.6) is 0 Å². The van der Waals surface area contributed by atoms with Crippen molar-refractivity contribution in [3.05, 3.63) is 37.1 Å². The molecule has 1 aliphatic rings. The highest BCUT2D eigenvalue weighted by atomic mass is 16.5. The lowest BCUT2D eigenvalue weighted by Gasteiger charge is -2.13. The van der Waals surface area contributed by atoms with Gasteiger partial charge in [-0.2, -0.15) is 0 Å². The van der Waals surface area contributed by atoms with Gasteiger partial charge in [-0.25, -0.2) is 9.97 Å². The molecule has 2 aromatic heterocycles. The summed E-state index contributed by atoms with van der Waals surface area (Å²) in [5, 5.41) is 2.80. The van der Waals surface area contributed by atoms with Gasteiger partial charge < -0.3 is 15.8 Å². The van der Waals surface area contributed by atoms with Gasteiger partial charge in [0.05, 0.1) is 31.0 Å². The molecule has 0 aliphatic carbocycles. The van der Waals surface area contributed by atoms with Crippen LogP contribution < -0.4 is 11.1 Å². The molecule has 1 amide bonds. The smallest absolute Gasteiger partial charge is 0.231 e. The summed E-state index contributed by atoms with van der Waals surface area (Å²) >= 11 is 0. The first-order valence-corrected chi connectivity index (χ1v) is 6.32. The van der Waals surface area contributed by atoms with Crippen LogP contribution >= 0.6 is 0 Å². The quantitative estimate of drug-likeness (QED) is 0.831. The summed E-state index contributed by atoms with van der Waals surface area (Å²) in [6, 6.07) is 3.36. The normalized spacial score (nSPS) is 21.9. The maximum absolute atomic E-state index is 12.0. The average molecular weight is 273 g/mol. The lowest BCUT2D eigenvalue weighted by Crippen LogP contribution is -2.37. The Morgan fingerprint density at radius 1 is 1.45 bits per heavy atom. The van der Waals surface area contributed by atoms with E-state index in [2.05, 4.69) is 15.3 Å². The van der Waals surface area contributed by atoms with Gasteiger partial charge in [0.15, 0.2) is 0 Å². The summed E-state index contributed by atoms with van der Waals surface area (Å²) in [7, 11) is 0. The van der Waals surface area contributed by atoms with Crippen molar-refractivity contribution < 1.29 is 9.53 Å². The van der Waals surface area contributed by atoms with E-state index in [1.807, 2.05) is 6.07 Å². The number of hydrogen-bond acceptors (Lipinski definition) is 5. The Morgan fingerprint density at radius 2 is 2.35 bits per heavy atom. The fourth-order valence-corrected chi connectivity index (χ4v) is 2.08. The van der Waals surface area contributed by atoms with Crippen LogP contribution in [0, 0.1) is 5.92 Å². The van der Waals surface area contributed by atoms with Crippen molar-refractivity contribution in [2.75, 3.05) is 18.5 Å². The third-order valence-electron chi connectivity index (χ3n) is 3.25. The number of imidazole rings is 1. The summed E-state index contributed by atoms with van der Waals surface area (Å²) in [6.45, 7) is 0.795. The van der Waals surface area contributed by atoms with E-state index >= 15 is 0 Å². The molecule has 2 unspecified atom stereocenters. The van der Waals surface area contributed by atoms with Gasteiger partial charge >= 0.3 is 0 Å². The number of nitrogens with one attached hydrogen (secondary N) is 1. The largest absolute Gasteiger partial charge is 0.379 e. The van der Waals surface area contributed by atoms with Gasteiger partial charge in [0.1, 0.15) is 12.1 Å².